The molecule has 0 spiro atoms. The van der Waals surface area contributed by atoms with Gasteiger partial charge in [0.15, 0.2) is 5.69 Å². The van der Waals surface area contributed by atoms with Crippen LogP contribution in [0.2, 0.25) is 10.0 Å². The molecule has 0 aliphatic rings. The molecule has 2 rings (SSSR count). The maximum absolute atomic E-state index is 11.1. The van der Waals surface area contributed by atoms with Crippen LogP contribution in [-0.4, -0.2) is 10.0 Å². The molecule has 0 fully saturated rings. The van der Waals surface area contributed by atoms with E-state index in [0.29, 0.717) is 0 Å². The Morgan fingerprint density at radius 3 is 2.38 bits per heavy atom. The minimum absolute atomic E-state index is 0.00409. The van der Waals surface area contributed by atoms with Crippen LogP contribution in [-0.2, 0) is 5.41 Å². The fourth-order valence-corrected chi connectivity index (χ4v) is 2.48. The van der Waals surface area contributed by atoms with Crippen molar-refractivity contribution in [2.75, 3.05) is 0 Å². The first-order valence-electron chi connectivity index (χ1n) is 6.98. The number of hydrogen-bond donors (Lipinski definition) is 1. The first-order chi connectivity index (χ1) is 11.1. The quantitative estimate of drug-likeness (QED) is 0.391. The monoisotopic (exact) mass is 367 g/mol. The first kappa shape index (κ1) is 18.2. The largest absolute Gasteiger partial charge is 0.506 e. The van der Waals surface area contributed by atoms with E-state index >= 15 is 0 Å². The highest BCUT2D eigenvalue weighted by Gasteiger charge is 2.19. The minimum Gasteiger partial charge on any atom is -0.506 e. The van der Waals surface area contributed by atoms with Crippen LogP contribution in [0, 0.1) is 10.1 Å². The molecule has 0 aromatic heterocycles. The van der Waals surface area contributed by atoms with Crippen molar-refractivity contribution in [1.82, 2.24) is 0 Å². The van der Waals surface area contributed by atoms with Gasteiger partial charge >= 0.3 is 0 Å². The molecule has 6 nitrogen and oxygen atoms in total. The van der Waals surface area contributed by atoms with Gasteiger partial charge in [0, 0.05) is 11.1 Å². The maximum Gasteiger partial charge on any atom is 0.299 e. The lowest BCUT2D eigenvalue weighted by molar-refractivity contribution is -0.384. The zero-order valence-corrected chi connectivity index (χ0v) is 14.8. The van der Waals surface area contributed by atoms with Crippen LogP contribution in [0.3, 0.4) is 0 Å². The second-order valence-corrected chi connectivity index (χ2v) is 7.01. The van der Waals surface area contributed by atoms with E-state index < -0.39 is 4.92 Å². The molecule has 2 aromatic rings. The fraction of sp³-hybridized carbons (Fsp3) is 0.250. The number of azo groups is 1. The highest BCUT2D eigenvalue weighted by Crippen LogP contribution is 2.40. The number of nitro benzene ring substituents is 1. The van der Waals surface area contributed by atoms with Crippen LogP contribution in [0.1, 0.15) is 26.3 Å². The van der Waals surface area contributed by atoms with Gasteiger partial charge in [-0.25, -0.2) is 0 Å². The average molecular weight is 368 g/mol. The third-order valence-corrected chi connectivity index (χ3v) is 3.81. The average Bonchev–Trinajstić information content (AvgIpc) is 2.45. The molecule has 0 saturated carbocycles. The van der Waals surface area contributed by atoms with Crippen LogP contribution in [0.25, 0.3) is 0 Å². The van der Waals surface area contributed by atoms with Gasteiger partial charge in [-0.05, 0) is 29.2 Å². The van der Waals surface area contributed by atoms with E-state index in [1.165, 1.54) is 12.1 Å². The molecule has 24 heavy (non-hydrogen) atoms. The van der Waals surface area contributed by atoms with Gasteiger partial charge in [0.1, 0.15) is 11.4 Å². The molecule has 8 heteroatoms. The Labute approximate surface area is 148 Å². The molecular formula is C16H15Cl2N3O3. The zero-order valence-electron chi connectivity index (χ0n) is 13.2. The van der Waals surface area contributed by atoms with Crippen LogP contribution in [0.15, 0.2) is 40.6 Å². The molecule has 0 radical (unpaired) electrons. The number of nitrogens with zero attached hydrogens (tertiary/aromatic N) is 3. The summed E-state index contributed by atoms with van der Waals surface area (Å²) < 4.78 is 0. The molecule has 0 heterocycles. The third kappa shape index (κ3) is 4.01. The van der Waals surface area contributed by atoms with E-state index in [-0.39, 0.29) is 38.3 Å². The Kier molecular flexibility index (Phi) is 5.11. The molecule has 0 bridgehead atoms. The Morgan fingerprint density at radius 1 is 1.12 bits per heavy atom. The number of phenolic OH excluding ortho intramolecular Hbond substituents is 1. The summed E-state index contributed by atoms with van der Waals surface area (Å²) in [7, 11) is 0. The standard InChI is InChI=1S/C16H15Cl2N3O3/c1-16(2,3)9-4-5-14(22)12(6-9)19-20-15-11(18)7-10(17)8-13(15)21(23)24/h4-8,22H,1-3H3/b20-19+. The lowest BCUT2D eigenvalue weighted by Gasteiger charge is -2.19. The SMILES string of the molecule is CC(C)(C)c1ccc(O)c(/N=N/c2c(Cl)cc(Cl)cc2[N+](=O)[O-])c1. The molecule has 0 amide bonds. The van der Waals surface area contributed by atoms with E-state index in [4.69, 9.17) is 23.2 Å². The third-order valence-electron chi connectivity index (χ3n) is 3.30. The Morgan fingerprint density at radius 2 is 1.79 bits per heavy atom. The summed E-state index contributed by atoms with van der Waals surface area (Å²) in [6.07, 6.45) is 0. The smallest absolute Gasteiger partial charge is 0.299 e. The van der Waals surface area contributed by atoms with Crippen LogP contribution in [0.5, 0.6) is 5.75 Å². The van der Waals surface area contributed by atoms with Crippen molar-refractivity contribution in [2.45, 2.75) is 26.2 Å². The zero-order chi connectivity index (χ0) is 18.1. The number of aromatic hydroxyl groups is 1. The number of benzene rings is 2. The molecule has 0 aliphatic heterocycles. The van der Waals surface area contributed by atoms with Crippen LogP contribution >= 0.6 is 23.2 Å². The van der Waals surface area contributed by atoms with Gasteiger partial charge in [0.2, 0.25) is 0 Å². The molecule has 126 valence electrons. The second kappa shape index (κ2) is 6.75. The second-order valence-electron chi connectivity index (χ2n) is 6.17. The lowest BCUT2D eigenvalue weighted by Crippen LogP contribution is -2.10. The molecule has 0 aliphatic carbocycles. The predicted octanol–water partition coefficient (Wildman–Crippen LogP) is 6.32. The van der Waals surface area contributed by atoms with E-state index in [0.717, 1.165) is 11.6 Å². The summed E-state index contributed by atoms with van der Waals surface area (Å²) >= 11 is 11.8. The van der Waals surface area contributed by atoms with Crippen molar-refractivity contribution in [3.05, 3.63) is 56.1 Å². The summed E-state index contributed by atoms with van der Waals surface area (Å²) in [6.45, 7) is 6.05. The van der Waals surface area contributed by atoms with Crippen molar-refractivity contribution < 1.29 is 10.0 Å². The van der Waals surface area contributed by atoms with Crippen LogP contribution in [0.4, 0.5) is 17.1 Å². The van der Waals surface area contributed by atoms with E-state index in [1.807, 2.05) is 20.8 Å². The molecule has 0 unspecified atom stereocenters. The summed E-state index contributed by atoms with van der Waals surface area (Å²) in [5, 5.41) is 29.0. The van der Waals surface area contributed by atoms with Gasteiger partial charge in [-0.2, -0.15) is 0 Å². The molecule has 0 saturated heterocycles. The highest BCUT2D eigenvalue weighted by molar-refractivity contribution is 6.36. The lowest BCUT2D eigenvalue weighted by atomic mass is 9.87. The predicted molar refractivity (Wildman–Crippen MR) is 94.1 cm³/mol. The van der Waals surface area contributed by atoms with Gasteiger partial charge in [-0.3, -0.25) is 10.1 Å². The first-order valence-corrected chi connectivity index (χ1v) is 7.74. The summed E-state index contributed by atoms with van der Waals surface area (Å²) in [5.74, 6) is -0.0838. The Bertz CT molecular complexity index is 830. The van der Waals surface area contributed by atoms with Gasteiger partial charge in [0.05, 0.1) is 9.95 Å². The van der Waals surface area contributed by atoms with Crippen molar-refractivity contribution in [3.63, 3.8) is 0 Å². The maximum atomic E-state index is 11.1. The van der Waals surface area contributed by atoms with Gasteiger partial charge < -0.3 is 5.11 Å². The van der Waals surface area contributed by atoms with Gasteiger partial charge in [-0.1, -0.05) is 50.0 Å². The van der Waals surface area contributed by atoms with E-state index in [9.17, 15) is 15.2 Å². The van der Waals surface area contributed by atoms with Crippen molar-refractivity contribution in [3.8, 4) is 5.75 Å². The summed E-state index contributed by atoms with van der Waals surface area (Å²) in [4.78, 5) is 10.5. The summed E-state index contributed by atoms with van der Waals surface area (Å²) in [5.41, 5.74) is 0.505. The number of halogens is 2. The molecular weight excluding hydrogens is 353 g/mol. The Balaban J connectivity index is 2.51. The topological polar surface area (TPSA) is 88.1 Å². The van der Waals surface area contributed by atoms with E-state index in [1.54, 1.807) is 12.1 Å². The van der Waals surface area contributed by atoms with Crippen molar-refractivity contribution in [2.24, 2.45) is 10.2 Å². The number of phenols is 1. The Hall–Kier alpha value is -2.18. The summed E-state index contributed by atoms with van der Waals surface area (Å²) in [6, 6.07) is 7.45. The molecule has 2 aromatic carbocycles. The van der Waals surface area contributed by atoms with Gasteiger partial charge in [0.25, 0.3) is 5.69 Å². The number of nitro groups is 1. The normalized spacial score (nSPS) is 11.9. The highest BCUT2D eigenvalue weighted by atomic mass is 35.5. The number of hydrogen-bond acceptors (Lipinski definition) is 5. The van der Waals surface area contributed by atoms with Gasteiger partial charge in [-0.15, -0.1) is 10.2 Å². The van der Waals surface area contributed by atoms with Crippen molar-refractivity contribution in [1.29, 1.82) is 0 Å². The van der Waals surface area contributed by atoms with Crippen LogP contribution < -0.4 is 0 Å². The molecule has 0 atom stereocenters. The minimum atomic E-state index is -0.641. The number of rotatable bonds is 3. The van der Waals surface area contributed by atoms with Crippen molar-refractivity contribution >= 4 is 40.3 Å². The van der Waals surface area contributed by atoms with E-state index in [2.05, 4.69) is 10.2 Å². The molecule has 1 N–H and O–H groups in total. The fourth-order valence-electron chi connectivity index (χ4n) is 1.96.